The van der Waals surface area contributed by atoms with Crippen molar-refractivity contribution >= 4 is 43.8 Å². The van der Waals surface area contributed by atoms with E-state index < -0.39 is 36.0 Å². The molecule has 0 radical (unpaired) electrons. The van der Waals surface area contributed by atoms with Gasteiger partial charge < -0.3 is 14.9 Å². The molecule has 2 aliphatic heterocycles. The van der Waals surface area contributed by atoms with E-state index in [-0.39, 0.29) is 9.65 Å². The van der Waals surface area contributed by atoms with Crippen molar-refractivity contribution in [2.45, 2.75) is 21.9 Å². The second-order valence-electron chi connectivity index (χ2n) is 3.68. The van der Waals surface area contributed by atoms with Crippen LogP contribution in [-0.2, 0) is 14.3 Å². The summed E-state index contributed by atoms with van der Waals surface area (Å²) >= 11 is 6.64. The molecule has 0 amide bonds. The lowest BCUT2D eigenvalue weighted by molar-refractivity contribution is -0.153. The predicted octanol–water partition coefficient (Wildman–Crippen LogP) is 0.696. The minimum atomic E-state index is -1.11. The number of carboxylic acids is 2. The molecule has 0 aromatic rings. The molecule has 2 heterocycles. The number of carboxylic acid groups (broad SMARTS) is 2. The largest absolute Gasteiger partial charge is 0.481 e. The Morgan fingerprint density at radius 3 is 1.53 bits per heavy atom. The number of fused-ring (bicyclic) bond motifs is 2. The molecular weight excluding hydrogens is 336 g/mol. The summed E-state index contributed by atoms with van der Waals surface area (Å²) in [7, 11) is 0. The second-order valence-corrected chi connectivity index (χ2v) is 5.80. The van der Waals surface area contributed by atoms with Crippen LogP contribution >= 0.6 is 31.9 Å². The molecule has 2 bridgehead atoms. The van der Waals surface area contributed by atoms with Gasteiger partial charge in [0.2, 0.25) is 0 Å². The van der Waals surface area contributed by atoms with E-state index in [9.17, 15) is 9.59 Å². The fourth-order valence-corrected chi connectivity index (χ4v) is 3.76. The molecular formula is C8H8Br2O5. The Labute approximate surface area is 102 Å². The standard InChI is InChI=1S/C8H8Br2O5/c9-3-4(10)6-2(8(13)14)1(7(11)12)5(3)15-6/h1-6H,(H,11,12)(H,13,14)/t1-,2-,3-,4+,5+,6+/m0/s1. The Balaban J connectivity index is 2.32. The van der Waals surface area contributed by atoms with Gasteiger partial charge in [0, 0.05) is 0 Å². The van der Waals surface area contributed by atoms with Gasteiger partial charge in [-0.3, -0.25) is 9.59 Å². The summed E-state index contributed by atoms with van der Waals surface area (Å²) in [5, 5.41) is 18.0. The van der Waals surface area contributed by atoms with Crippen LogP contribution in [0.1, 0.15) is 0 Å². The summed E-state index contributed by atoms with van der Waals surface area (Å²) in [6.45, 7) is 0. The zero-order valence-corrected chi connectivity index (χ0v) is 10.5. The fraction of sp³-hybridized carbons (Fsp3) is 0.750. The molecule has 0 aliphatic carbocycles. The number of carbonyl (C=O) groups is 2. The second kappa shape index (κ2) is 3.71. The number of hydrogen-bond donors (Lipinski definition) is 2. The highest BCUT2D eigenvalue weighted by Gasteiger charge is 2.63. The first-order chi connectivity index (χ1) is 6.95. The highest BCUT2D eigenvalue weighted by Crippen LogP contribution is 2.49. The summed E-state index contributed by atoms with van der Waals surface area (Å²) in [5.41, 5.74) is 0. The van der Waals surface area contributed by atoms with E-state index in [1.165, 1.54) is 0 Å². The SMILES string of the molecule is O=C(O)[C@@H]1[C@H]2O[C@@H]([C@@H](Br)[C@H]2Br)[C@H]1C(=O)O. The molecule has 84 valence electrons. The molecule has 5 nitrogen and oxygen atoms in total. The first kappa shape index (κ1) is 11.3. The first-order valence-corrected chi connectivity index (χ1v) is 6.17. The molecule has 0 unspecified atom stereocenters. The Bertz CT molecular complexity index is 290. The van der Waals surface area contributed by atoms with E-state index in [0.29, 0.717) is 0 Å². The van der Waals surface area contributed by atoms with Crippen LogP contribution in [0.15, 0.2) is 0 Å². The van der Waals surface area contributed by atoms with Crippen LogP contribution in [0.5, 0.6) is 0 Å². The summed E-state index contributed by atoms with van der Waals surface area (Å²) in [6, 6.07) is 0. The van der Waals surface area contributed by atoms with Gasteiger partial charge in [-0.25, -0.2) is 0 Å². The Kier molecular flexibility index (Phi) is 2.81. The maximum absolute atomic E-state index is 11.0. The minimum absolute atomic E-state index is 0.154. The van der Waals surface area contributed by atoms with Crippen LogP contribution in [0.2, 0.25) is 0 Å². The molecule has 7 heteroatoms. The summed E-state index contributed by atoms with van der Waals surface area (Å²) < 4.78 is 5.39. The predicted molar refractivity (Wildman–Crippen MR) is 56.3 cm³/mol. The third-order valence-electron chi connectivity index (χ3n) is 2.91. The molecule has 2 fully saturated rings. The van der Waals surface area contributed by atoms with Crippen LogP contribution in [0.25, 0.3) is 0 Å². The Morgan fingerprint density at radius 2 is 1.27 bits per heavy atom. The van der Waals surface area contributed by atoms with Gasteiger partial charge in [0.1, 0.15) is 0 Å². The van der Waals surface area contributed by atoms with Crippen molar-refractivity contribution in [2.75, 3.05) is 0 Å². The molecule has 2 aliphatic rings. The number of rotatable bonds is 2. The lowest BCUT2D eigenvalue weighted by atomic mass is 9.79. The van der Waals surface area contributed by atoms with Gasteiger partial charge in [-0.15, -0.1) is 0 Å². The average Bonchev–Trinajstić information content (AvgIpc) is 2.64. The number of hydrogen-bond acceptors (Lipinski definition) is 3. The van der Waals surface area contributed by atoms with Crippen molar-refractivity contribution in [1.82, 2.24) is 0 Å². The van der Waals surface area contributed by atoms with E-state index in [1.54, 1.807) is 0 Å². The summed E-state index contributed by atoms with van der Waals surface area (Å²) in [6.07, 6.45) is -1.14. The zero-order valence-electron chi connectivity index (χ0n) is 7.34. The normalized spacial score (nSPS) is 48.1. The van der Waals surface area contributed by atoms with Gasteiger partial charge in [-0.2, -0.15) is 0 Å². The zero-order chi connectivity index (χ0) is 11.3. The van der Waals surface area contributed by atoms with Gasteiger partial charge in [0.15, 0.2) is 0 Å². The van der Waals surface area contributed by atoms with Crippen molar-refractivity contribution in [3.63, 3.8) is 0 Å². The quantitative estimate of drug-likeness (QED) is 0.721. The molecule has 6 atom stereocenters. The van der Waals surface area contributed by atoms with Crippen LogP contribution in [0, 0.1) is 11.8 Å². The first-order valence-electron chi connectivity index (χ1n) is 4.34. The third kappa shape index (κ3) is 1.52. The van der Waals surface area contributed by atoms with E-state index >= 15 is 0 Å². The minimum Gasteiger partial charge on any atom is -0.481 e. The molecule has 0 spiro atoms. The monoisotopic (exact) mass is 342 g/mol. The maximum atomic E-state index is 11.0. The fourth-order valence-electron chi connectivity index (χ4n) is 2.26. The number of ether oxygens (including phenoxy) is 1. The van der Waals surface area contributed by atoms with Crippen molar-refractivity contribution in [1.29, 1.82) is 0 Å². The van der Waals surface area contributed by atoms with Crippen LogP contribution in [-0.4, -0.2) is 44.0 Å². The molecule has 0 aromatic carbocycles. The average molecular weight is 344 g/mol. The Hall–Kier alpha value is -0.140. The van der Waals surface area contributed by atoms with Crippen molar-refractivity contribution < 1.29 is 24.5 Å². The highest BCUT2D eigenvalue weighted by atomic mass is 79.9. The van der Waals surface area contributed by atoms with E-state index in [2.05, 4.69) is 31.9 Å². The smallest absolute Gasteiger partial charge is 0.310 e. The van der Waals surface area contributed by atoms with Gasteiger partial charge >= 0.3 is 11.9 Å². The molecule has 2 saturated heterocycles. The van der Waals surface area contributed by atoms with Gasteiger partial charge in [-0.1, -0.05) is 31.9 Å². The third-order valence-corrected chi connectivity index (χ3v) is 5.80. The number of alkyl halides is 2. The number of aliphatic carboxylic acids is 2. The maximum Gasteiger partial charge on any atom is 0.310 e. The molecule has 0 saturated carbocycles. The van der Waals surface area contributed by atoms with E-state index in [0.717, 1.165) is 0 Å². The lowest BCUT2D eigenvalue weighted by Crippen LogP contribution is -2.47. The summed E-state index contributed by atoms with van der Waals surface area (Å²) in [5.74, 6) is -4.16. The van der Waals surface area contributed by atoms with Gasteiger partial charge in [0.05, 0.1) is 33.7 Å². The molecule has 0 aromatic heterocycles. The van der Waals surface area contributed by atoms with Crippen LogP contribution in [0.3, 0.4) is 0 Å². The van der Waals surface area contributed by atoms with Crippen molar-refractivity contribution in [2.24, 2.45) is 11.8 Å². The van der Waals surface area contributed by atoms with Crippen LogP contribution < -0.4 is 0 Å². The van der Waals surface area contributed by atoms with E-state index in [1.807, 2.05) is 0 Å². The van der Waals surface area contributed by atoms with Crippen molar-refractivity contribution in [3.8, 4) is 0 Å². The summed E-state index contributed by atoms with van der Waals surface area (Å²) in [4.78, 5) is 21.7. The molecule has 15 heavy (non-hydrogen) atoms. The van der Waals surface area contributed by atoms with Gasteiger partial charge in [0.25, 0.3) is 0 Å². The Morgan fingerprint density at radius 1 is 0.933 bits per heavy atom. The van der Waals surface area contributed by atoms with Crippen LogP contribution in [0.4, 0.5) is 0 Å². The van der Waals surface area contributed by atoms with Crippen molar-refractivity contribution in [3.05, 3.63) is 0 Å². The molecule has 2 N–H and O–H groups in total. The number of halogens is 2. The van der Waals surface area contributed by atoms with E-state index in [4.69, 9.17) is 14.9 Å². The van der Waals surface area contributed by atoms with Gasteiger partial charge in [-0.05, 0) is 0 Å². The highest BCUT2D eigenvalue weighted by molar-refractivity contribution is 9.12. The topological polar surface area (TPSA) is 83.8 Å². The lowest BCUT2D eigenvalue weighted by Gasteiger charge is -2.28. The molecule has 2 rings (SSSR count).